The molecule has 1 amide bonds. The van der Waals surface area contributed by atoms with Crippen molar-refractivity contribution in [3.63, 3.8) is 0 Å². The Balaban J connectivity index is 1.63. The van der Waals surface area contributed by atoms with Crippen LogP contribution in [-0.4, -0.2) is 64.5 Å². The zero-order valence-corrected chi connectivity index (χ0v) is 20.0. The molecule has 34 heavy (non-hydrogen) atoms. The van der Waals surface area contributed by atoms with E-state index in [1.54, 1.807) is 0 Å². The van der Waals surface area contributed by atoms with Crippen LogP contribution < -0.4 is 5.32 Å². The summed E-state index contributed by atoms with van der Waals surface area (Å²) in [6.07, 6.45) is 3.42. The summed E-state index contributed by atoms with van der Waals surface area (Å²) in [5, 5.41) is 12.2. The first kappa shape index (κ1) is 24.3. The first-order valence-corrected chi connectivity index (χ1v) is 14.2. The van der Waals surface area contributed by atoms with Gasteiger partial charge in [-0.05, 0) is 50.2 Å². The number of carbonyl (C=O) groups excluding carboxylic acids is 1. The summed E-state index contributed by atoms with van der Waals surface area (Å²) in [5.74, 6) is -1.23. The minimum absolute atomic E-state index is 0.00714. The number of amides is 1. The molecule has 12 heteroatoms. The Bertz CT molecular complexity index is 1320. The number of piperidine rings is 1. The highest BCUT2D eigenvalue weighted by Gasteiger charge is 2.45. The van der Waals surface area contributed by atoms with Crippen LogP contribution >= 0.6 is 0 Å². The van der Waals surface area contributed by atoms with Crippen molar-refractivity contribution in [1.29, 1.82) is 0 Å². The fraction of sp³-hybridized carbons (Fsp3) is 0.409. The number of nitrogens with one attached hydrogen (secondary N) is 1. The molecule has 2 aliphatic rings. The van der Waals surface area contributed by atoms with Gasteiger partial charge < -0.3 is 10.2 Å². The Morgan fingerprint density at radius 2 is 1.76 bits per heavy atom. The zero-order valence-electron chi connectivity index (χ0n) is 18.3. The highest BCUT2D eigenvalue weighted by Crippen LogP contribution is 2.43. The van der Waals surface area contributed by atoms with Crippen molar-refractivity contribution in [2.75, 3.05) is 31.9 Å². The van der Waals surface area contributed by atoms with E-state index in [-0.39, 0.29) is 26.6 Å². The van der Waals surface area contributed by atoms with Gasteiger partial charge in [-0.25, -0.2) is 16.8 Å². The fourth-order valence-corrected chi connectivity index (χ4v) is 8.84. The normalized spacial score (nSPS) is 19.9. The van der Waals surface area contributed by atoms with Crippen LogP contribution in [0.25, 0.3) is 0 Å². The summed E-state index contributed by atoms with van der Waals surface area (Å²) >= 11 is 0. The molecule has 1 unspecified atom stereocenters. The number of fused-ring (bicyclic) bond motifs is 1. The molecule has 0 radical (unpaired) electrons. The molecule has 1 fully saturated rings. The fourth-order valence-electron chi connectivity index (χ4n) is 4.49. The second-order valence-electron chi connectivity index (χ2n) is 8.44. The second kappa shape index (κ2) is 9.43. The lowest BCUT2D eigenvalue weighted by Crippen LogP contribution is -2.38. The quantitative estimate of drug-likeness (QED) is 0.443. The highest BCUT2D eigenvalue weighted by molar-refractivity contribution is 7.96. The van der Waals surface area contributed by atoms with E-state index in [9.17, 15) is 31.7 Å². The number of hydrogen-bond donors (Lipinski definition) is 1. The number of rotatable bonds is 7. The Hall–Kier alpha value is -2.83. The molecule has 2 aromatic carbocycles. The number of carbonyl (C=O) groups is 1. The molecule has 1 saturated heterocycles. The molecule has 1 N–H and O–H groups in total. The Labute approximate surface area is 198 Å². The third-order valence-electron chi connectivity index (χ3n) is 6.25. The van der Waals surface area contributed by atoms with Crippen LogP contribution in [0, 0.1) is 10.1 Å². The average Bonchev–Trinajstić information content (AvgIpc) is 3.11. The van der Waals surface area contributed by atoms with Crippen LogP contribution in [0.5, 0.6) is 0 Å². The molecule has 10 nitrogen and oxygen atoms in total. The van der Waals surface area contributed by atoms with Gasteiger partial charge in [0.15, 0.2) is 19.7 Å². The van der Waals surface area contributed by atoms with Crippen LogP contribution in [0.4, 0.5) is 5.69 Å². The molecule has 0 aromatic heterocycles. The lowest BCUT2D eigenvalue weighted by atomic mass is 10.0. The number of nitro groups is 1. The molecule has 0 bridgehead atoms. The zero-order chi connectivity index (χ0) is 24.5. The van der Waals surface area contributed by atoms with Crippen LogP contribution in [-0.2, 0) is 19.7 Å². The van der Waals surface area contributed by atoms with E-state index in [1.165, 1.54) is 24.6 Å². The number of nitro benzene ring substituents is 1. The maximum atomic E-state index is 13.4. The van der Waals surface area contributed by atoms with Crippen molar-refractivity contribution in [3.8, 4) is 0 Å². The Kier molecular flexibility index (Phi) is 6.74. The van der Waals surface area contributed by atoms with Gasteiger partial charge >= 0.3 is 0 Å². The first-order chi connectivity index (χ1) is 16.1. The average molecular weight is 508 g/mol. The molecule has 2 heterocycles. The Morgan fingerprint density at radius 3 is 2.41 bits per heavy atom. The van der Waals surface area contributed by atoms with Crippen molar-refractivity contribution in [2.45, 2.75) is 34.3 Å². The van der Waals surface area contributed by atoms with Crippen molar-refractivity contribution >= 4 is 31.3 Å². The summed E-state index contributed by atoms with van der Waals surface area (Å²) in [6, 6.07) is 8.43. The maximum absolute atomic E-state index is 13.4. The van der Waals surface area contributed by atoms with Crippen LogP contribution in [0.2, 0.25) is 0 Å². The van der Waals surface area contributed by atoms with Gasteiger partial charge in [0.05, 0.1) is 20.5 Å². The largest absolute Gasteiger partial charge is 0.351 e. The molecule has 0 spiro atoms. The maximum Gasteiger partial charge on any atom is 0.269 e. The Morgan fingerprint density at radius 1 is 1.09 bits per heavy atom. The number of non-ortho nitro benzene ring substituents is 1. The van der Waals surface area contributed by atoms with Crippen molar-refractivity contribution in [3.05, 3.63) is 63.7 Å². The monoisotopic (exact) mass is 507 g/mol. The molecule has 2 aromatic rings. The number of nitrogens with zero attached hydrogens (tertiary/aromatic N) is 2. The van der Waals surface area contributed by atoms with Gasteiger partial charge in [0.25, 0.3) is 11.6 Å². The van der Waals surface area contributed by atoms with E-state index in [4.69, 9.17) is 0 Å². The second-order valence-corrected chi connectivity index (χ2v) is 12.6. The van der Waals surface area contributed by atoms with E-state index in [1.807, 2.05) is 0 Å². The minimum atomic E-state index is -4.25. The number of benzene rings is 2. The number of sulfone groups is 2. The summed E-state index contributed by atoms with van der Waals surface area (Å²) in [7, 11) is -8.19. The molecule has 2 aliphatic heterocycles. The standard InChI is InChI=1S/C22H25N3O7S2/c26-22(23-11-14-24-12-2-1-3-13-24)18-5-4-6-19-21(18)20(15-33(19,29)30)34(31,32)17-9-7-16(8-10-17)25(27)28/h4-10,20H,1-3,11-15H2,(H,23,26). The predicted molar refractivity (Wildman–Crippen MR) is 124 cm³/mol. The van der Waals surface area contributed by atoms with Gasteiger partial charge in [-0.3, -0.25) is 14.9 Å². The van der Waals surface area contributed by atoms with Gasteiger partial charge in [0.2, 0.25) is 0 Å². The van der Waals surface area contributed by atoms with Crippen LogP contribution in [0.1, 0.15) is 40.4 Å². The highest BCUT2D eigenvalue weighted by atomic mass is 32.2. The van der Waals surface area contributed by atoms with E-state index in [0.29, 0.717) is 13.1 Å². The SMILES string of the molecule is O=C(NCCN1CCCCC1)c1cccc2c1C(S(=O)(=O)c1ccc([N+](=O)[O-])cc1)CS2(=O)=O. The van der Waals surface area contributed by atoms with Crippen molar-refractivity contribution < 1.29 is 26.6 Å². The molecule has 0 aliphatic carbocycles. The minimum Gasteiger partial charge on any atom is -0.351 e. The van der Waals surface area contributed by atoms with Gasteiger partial charge in [-0.2, -0.15) is 0 Å². The lowest BCUT2D eigenvalue weighted by molar-refractivity contribution is -0.384. The molecular formula is C22H25N3O7S2. The summed E-state index contributed by atoms with van der Waals surface area (Å²) in [6.45, 7) is 2.94. The molecular weight excluding hydrogens is 482 g/mol. The number of likely N-dealkylation sites (tertiary alicyclic amines) is 1. The smallest absolute Gasteiger partial charge is 0.269 e. The molecule has 0 saturated carbocycles. The van der Waals surface area contributed by atoms with Gasteiger partial charge in [-0.1, -0.05) is 12.5 Å². The van der Waals surface area contributed by atoms with Crippen LogP contribution in [0.15, 0.2) is 52.3 Å². The lowest BCUT2D eigenvalue weighted by Gasteiger charge is -2.26. The summed E-state index contributed by atoms with van der Waals surface area (Å²) in [4.78, 5) is 25.1. The van der Waals surface area contributed by atoms with E-state index in [2.05, 4.69) is 10.2 Å². The van der Waals surface area contributed by atoms with Gasteiger partial charge in [0, 0.05) is 36.3 Å². The van der Waals surface area contributed by atoms with Crippen LogP contribution in [0.3, 0.4) is 0 Å². The molecule has 4 rings (SSSR count). The summed E-state index contributed by atoms with van der Waals surface area (Å²) < 4.78 is 52.4. The van der Waals surface area contributed by atoms with E-state index < -0.39 is 41.5 Å². The van der Waals surface area contributed by atoms with Gasteiger partial charge in [0.1, 0.15) is 5.25 Å². The third-order valence-corrected chi connectivity index (χ3v) is 10.3. The van der Waals surface area contributed by atoms with Crippen molar-refractivity contribution in [2.24, 2.45) is 0 Å². The van der Waals surface area contributed by atoms with Gasteiger partial charge in [-0.15, -0.1) is 0 Å². The molecule has 182 valence electrons. The van der Waals surface area contributed by atoms with Crippen molar-refractivity contribution in [1.82, 2.24) is 10.2 Å². The topological polar surface area (TPSA) is 144 Å². The predicted octanol–water partition coefficient (Wildman–Crippen LogP) is 2.11. The van der Waals surface area contributed by atoms with E-state index in [0.717, 1.165) is 50.2 Å². The number of hydrogen-bond acceptors (Lipinski definition) is 8. The summed E-state index contributed by atoms with van der Waals surface area (Å²) in [5.41, 5.74) is -0.323. The third kappa shape index (κ3) is 4.70. The molecule has 1 atom stereocenters. The van der Waals surface area contributed by atoms with E-state index >= 15 is 0 Å². The first-order valence-electron chi connectivity index (χ1n) is 11.0.